The van der Waals surface area contributed by atoms with Crippen molar-refractivity contribution in [3.63, 3.8) is 0 Å². The Morgan fingerprint density at radius 2 is 2.06 bits per heavy atom. The molecule has 0 fully saturated rings. The zero-order valence-corrected chi connectivity index (χ0v) is 19.4. The van der Waals surface area contributed by atoms with Gasteiger partial charge < -0.3 is 23.8 Å². The Kier molecular flexibility index (Phi) is 6.74. The second-order valence-electron chi connectivity index (χ2n) is 7.95. The predicted octanol–water partition coefficient (Wildman–Crippen LogP) is 4.15. The van der Waals surface area contributed by atoms with Crippen LogP contribution in [0.15, 0.2) is 66.5 Å². The highest BCUT2D eigenvalue weighted by molar-refractivity contribution is 5.97. The van der Waals surface area contributed by atoms with Crippen molar-refractivity contribution in [1.82, 2.24) is 19.4 Å². The lowest BCUT2D eigenvalue weighted by Crippen LogP contribution is -2.44. The second-order valence-corrected chi connectivity index (χ2v) is 7.95. The summed E-state index contributed by atoms with van der Waals surface area (Å²) in [5.74, 6) is 1.50. The maximum Gasteiger partial charge on any atom is 0.235 e. The van der Waals surface area contributed by atoms with Gasteiger partial charge in [-0.25, -0.2) is 4.98 Å². The monoisotopic (exact) mass is 447 g/mol. The van der Waals surface area contributed by atoms with Crippen LogP contribution in [0.1, 0.15) is 30.2 Å². The van der Waals surface area contributed by atoms with Crippen molar-refractivity contribution in [1.29, 1.82) is 0 Å². The number of hydrogen-bond acceptors (Lipinski definition) is 7. The van der Waals surface area contributed by atoms with Crippen LogP contribution in [0.3, 0.4) is 0 Å². The molecule has 3 heterocycles. The van der Waals surface area contributed by atoms with Crippen LogP contribution in [-0.4, -0.2) is 52.6 Å². The third-order valence-corrected chi connectivity index (χ3v) is 5.65. The van der Waals surface area contributed by atoms with Crippen LogP contribution in [0, 0.1) is 6.92 Å². The van der Waals surface area contributed by atoms with E-state index in [0.29, 0.717) is 6.61 Å². The van der Waals surface area contributed by atoms with Crippen LogP contribution in [0.25, 0.3) is 11.8 Å². The number of rotatable bonds is 9. The van der Waals surface area contributed by atoms with Gasteiger partial charge in [-0.1, -0.05) is 17.3 Å². The van der Waals surface area contributed by atoms with Crippen molar-refractivity contribution in [3.05, 3.63) is 78.1 Å². The van der Waals surface area contributed by atoms with Gasteiger partial charge in [0.1, 0.15) is 5.75 Å². The average molecular weight is 448 g/mol. The zero-order chi connectivity index (χ0) is 23.3. The molecule has 2 aromatic heterocycles. The molecule has 3 aromatic rings. The number of hydrogen-bond donors (Lipinski definition) is 0. The van der Waals surface area contributed by atoms with Gasteiger partial charge in [-0.15, -0.1) is 0 Å². The number of amidine groups is 1. The molecule has 0 N–H and O–H groups in total. The van der Waals surface area contributed by atoms with E-state index < -0.39 is 5.72 Å². The molecular weight excluding hydrogens is 418 g/mol. The van der Waals surface area contributed by atoms with Crippen LogP contribution in [0.2, 0.25) is 0 Å². The summed E-state index contributed by atoms with van der Waals surface area (Å²) < 4.78 is 12.8. The summed E-state index contributed by atoms with van der Waals surface area (Å²) in [5, 5.41) is 4.39. The molecule has 172 valence electrons. The first-order chi connectivity index (χ1) is 16.0. The van der Waals surface area contributed by atoms with Gasteiger partial charge in [0.05, 0.1) is 24.8 Å². The average Bonchev–Trinajstić information content (AvgIpc) is 3.42. The minimum atomic E-state index is -0.734. The number of benzene rings is 1. The minimum absolute atomic E-state index is 0.656. The van der Waals surface area contributed by atoms with Gasteiger partial charge in [0.25, 0.3) is 0 Å². The molecule has 0 radical (unpaired) electrons. The van der Waals surface area contributed by atoms with E-state index in [4.69, 9.17) is 14.3 Å². The molecule has 4 rings (SSSR count). The fourth-order valence-electron chi connectivity index (χ4n) is 3.85. The van der Waals surface area contributed by atoms with Crippen molar-refractivity contribution >= 4 is 11.9 Å². The maximum absolute atomic E-state index is 5.94. The van der Waals surface area contributed by atoms with Crippen LogP contribution in [0.5, 0.6) is 5.75 Å². The molecule has 1 atom stereocenters. The molecule has 33 heavy (non-hydrogen) atoms. The van der Waals surface area contributed by atoms with Gasteiger partial charge in [0, 0.05) is 51.3 Å². The Bertz CT molecular complexity index is 1140. The Balaban J connectivity index is 1.58. The summed E-state index contributed by atoms with van der Waals surface area (Å²) in [6.45, 7) is 5.35. The minimum Gasteiger partial charge on any atom is -0.495 e. The molecule has 0 saturated heterocycles. The van der Waals surface area contributed by atoms with Crippen LogP contribution in [0.4, 0.5) is 0 Å². The lowest BCUT2D eigenvalue weighted by molar-refractivity contribution is -0.0916. The Labute approximate surface area is 194 Å². The Hall–Kier alpha value is -3.65. The number of aromatic nitrogens is 3. The number of oxime groups is 1. The lowest BCUT2D eigenvalue weighted by atomic mass is 10.0. The highest BCUT2D eigenvalue weighted by atomic mass is 16.7. The molecule has 1 aliphatic rings. The number of pyridine rings is 1. The normalized spacial score (nSPS) is 17.9. The maximum atomic E-state index is 5.94. The largest absolute Gasteiger partial charge is 0.495 e. The van der Waals surface area contributed by atoms with Crippen LogP contribution < -0.4 is 4.74 Å². The molecule has 0 bridgehead atoms. The van der Waals surface area contributed by atoms with Crippen molar-refractivity contribution < 1.29 is 14.3 Å². The number of ether oxygens (including phenoxy) is 2. The van der Waals surface area contributed by atoms with E-state index in [-0.39, 0.29) is 0 Å². The topological polar surface area (TPSA) is 74.0 Å². The lowest BCUT2D eigenvalue weighted by Gasteiger charge is -2.34. The molecule has 0 amide bonds. The highest BCUT2D eigenvalue weighted by Crippen LogP contribution is 2.35. The Morgan fingerprint density at radius 3 is 2.76 bits per heavy atom. The number of imidazole rings is 1. The van der Waals surface area contributed by atoms with Crippen molar-refractivity contribution in [2.24, 2.45) is 5.16 Å². The molecule has 8 heteroatoms. The van der Waals surface area contributed by atoms with Gasteiger partial charge in [0.15, 0.2) is 5.84 Å². The quantitative estimate of drug-likeness (QED) is 0.459. The van der Waals surface area contributed by atoms with Gasteiger partial charge in [-0.05, 0) is 49.2 Å². The number of methoxy groups -OCH3 is 2. The Morgan fingerprint density at radius 1 is 1.18 bits per heavy atom. The summed E-state index contributed by atoms with van der Waals surface area (Å²) in [7, 11) is 3.37. The van der Waals surface area contributed by atoms with Crippen molar-refractivity contribution in [3.8, 4) is 11.4 Å². The van der Waals surface area contributed by atoms with Gasteiger partial charge in [-0.3, -0.25) is 4.98 Å². The fourth-order valence-corrected chi connectivity index (χ4v) is 3.85. The van der Waals surface area contributed by atoms with E-state index in [1.165, 1.54) is 0 Å². The highest BCUT2D eigenvalue weighted by Gasteiger charge is 2.42. The first-order valence-corrected chi connectivity index (χ1v) is 10.9. The molecule has 1 aromatic carbocycles. The summed E-state index contributed by atoms with van der Waals surface area (Å²) in [5.41, 5.74) is 3.08. The molecule has 8 nitrogen and oxygen atoms in total. The van der Waals surface area contributed by atoms with Crippen molar-refractivity contribution in [2.45, 2.75) is 26.0 Å². The fraction of sp³-hybridized carbons (Fsp3) is 0.320. The summed E-state index contributed by atoms with van der Waals surface area (Å²) >= 11 is 0. The number of nitrogens with zero attached hydrogens (tertiary/aromatic N) is 5. The van der Waals surface area contributed by atoms with Crippen molar-refractivity contribution in [2.75, 3.05) is 27.4 Å². The SMILES string of the molecule is COCCCN1C(C=Cc2ccc(-n3cnc(C)c3)c(OC)c2)=NOC1(C)c1cccnc1. The van der Waals surface area contributed by atoms with E-state index in [2.05, 4.69) is 20.0 Å². The molecule has 0 spiro atoms. The van der Waals surface area contributed by atoms with Gasteiger partial charge in [0.2, 0.25) is 5.72 Å². The molecule has 0 aliphatic carbocycles. The first kappa shape index (κ1) is 22.5. The number of aryl methyl sites for hydroxylation is 1. The standard InChI is InChI=1S/C25H29N5O3/c1-19-17-29(18-27-19)22-10-8-20(15-23(22)32-4)9-11-24-28-33-25(2,21-7-5-12-26-16-21)30(24)13-6-14-31-3/h5,7-12,15-18H,6,13-14H2,1-4H3. The summed E-state index contributed by atoms with van der Waals surface area (Å²) in [4.78, 5) is 16.6. The molecule has 1 unspecified atom stereocenters. The molecule has 1 aliphatic heterocycles. The van der Waals surface area contributed by atoms with Gasteiger partial charge >= 0.3 is 0 Å². The van der Waals surface area contributed by atoms with E-state index in [0.717, 1.165) is 47.1 Å². The smallest absolute Gasteiger partial charge is 0.235 e. The van der Waals surface area contributed by atoms with E-state index >= 15 is 0 Å². The first-order valence-electron chi connectivity index (χ1n) is 10.9. The summed E-state index contributed by atoms with van der Waals surface area (Å²) in [6.07, 6.45) is 12.1. The predicted molar refractivity (Wildman–Crippen MR) is 127 cm³/mol. The van der Waals surface area contributed by atoms with Crippen LogP contribution in [-0.2, 0) is 15.3 Å². The van der Waals surface area contributed by atoms with E-state index in [1.807, 2.05) is 73.3 Å². The molecular formula is C25H29N5O3. The second kappa shape index (κ2) is 9.87. The van der Waals surface area contributed by atoms with E-state index in [9.17, 15) is 0 Å². The zero-order valence-electron chi connectivity index (χ0n) is 19.4. The van der Waals surface area contributed by atoms with Gasteiger partial charge in [-0.2, -0.15) is 0 Å². The third kappa shape index (κ3) is 4.75. The molecule has 0 saturated carbocycles. The van der Waals surface area contributed by atoms with E-state index in [1.54, 1.807) is 26.7 Å². The summed E-state index contributed by atoms with van der Waals surface area (Å²) in [6, 6.07) is 9.95. The van der Waals surface area contributed by atoms with Crippen LogP contribution >= 0.6 is 0 Å². The third-order valence-electron chi connectivity index (χ3n) is 5.65.